The number of anilines is 2. The molecule has 2 saturated heterocycles. The van der Waals surface area contributed by atoms with Gasteiger partial charge in [0.15, 0.2) is 5.76 Å². The normalized spacial score (nSPS) is 19.8. The van der Waals surface area contributed by atoms with Crippen LogP contribution in [0.1, 0.15) is 30.1 Å². The third kappa shape index (κ3) is 3.85. The predicted molar refractivity (Wildman–Crippen MR) is 112 cm³/mol. The lowest BCUT2D eigenvalue weighted by atomic mass is 9.91. The Labute approximate surface area is 175 Å². The van der Waals surface area contributed by atoms with Crippen molar-refractivity contribution in [3.05, 3.63) is 42.1 Å². The maximum absolute atomic E-state index is 5.58. The predicted octanol–water partition coefficient (Wildman–Crippen LogP) is 2.45. The molecule has 0 saturated carbocycles. The van der Waals surface area contributed by atoms with Crippen molar-refractivity contribution < 1.29 is 9.26 Å². The van der Waals surface area contributed by atoms with Gasteiger partial charge in [-0.3, -0.25) is 0 Å². The van der Waals surface area contributed by atoms with E-state index in [-0.39, 0.29) is 5.92 Å². The molecule has 2 fully saturated rings. The summed E-state index contributed by atoms with van der Waals surface area (Å²) in [7, 11) is 0. The van der Waals surface area contributed by atoms with Crippen LogP contribution in [0.5, 0.6) is 0 Å². The van der Waals surface area contributed by atoms with E-state index in [0.717, 1.165) is 67.9 Å². The molecule has 0 aliphatic carbocycles. The molecule has 0 aromatic carbocycles. The molecular weight excluding hydrogens is 382 g/mol. The highest BCUT2D eigenvalue weighted by Gasteiger charge is 2.29. The van der Waals surface area contributed by atoms with Crippen LogP contribution in [0.15, 0.2) is 35.2 Å². The highest BCUT2D eigenvalue weighted by molar-refractivity contribution is 5.62. The fourth-order valence-corrected chi connectivity index (χ4v) is 4.13. The molecule has 5 rings (SSSR count). The third-order valence-corrected chi connectivity index (χ3v) is 5.64. The molecule has 30 heavy (non-hydrogen) atoms. The molecule has 3 aromatic rings. The van der Waals surface area contributed by atoms with Gasteiger partial charge in [-0.15, -0.1) is 0 Å². The summed E-state index contributed by atoms with van der Waals surface area (Å²) in [6, 6.07) is 3.78. The number of hydrogen-bond donors (Lipinski definition) is 0. The number of piperidine rings is 1. The van der Waals surface area contributed by atoms with Gasteiger partial charge in [-0.1, -0.05) is 5.16 Å². The smallest absolute Gasteiger partial charge is 0.225 e. The number of rotatable bonds is 4. The number of ether oxygens (including phenoxy) is 1. The second-order valence-electron chi connectivity index (χ2n) is 7.73. The molecule has 0 N–H and O–H groups in total. The number of nitrogens with zero attached hydrogens (tertiary/aromatic N) is 7. The molecule has 0 radical (unpaired) electrons. The minimum atomic E-state index is 0.228. The molecular formula is C21H25N7O2. The number of hydrogen-bond acceptors (Lipinski definition) is 9. The third-order valence-electron chi connectivity index (χ3n) is 5.64. The van der Waals surface area contributed by atoms with Gasteiger partial charge < -0.3 is 19.1 Å². The van der Waals surface area contributed by atoms with E-state index < -0.39 is 0 Å². The van der Waals surface area contributed by atoms with Gasteiger partial charge >= 0.3 is 0 Å². The van der Waals surface area contributed by atoms with Gasteiger partial charge in [0.2, 0.25) is 11.9 Å². The van der Waals surface area contributed by atoms with E-state index in [9.17, 15) is 0 Å². The van der Waals surface area contributed by atoms with Crippen LogP contribution in [0, 0.1) is 6.92 Å². The van der Waals surface area contributed by atoms with Crippen molar-refractivity contribution in [2.75, 3.05) is 49.2 Å². The molecule has 0 amide bonds. The maximum atomic E-state index is 5.58. The SMILES string of the molecule is Cc1cc(-c2cnc(N3CCOCC3)nc2C2CCCN(c3ncccn3)C2)on1. The molecule has 1 atom stereocenters. The lowest BCUT2D eigenvalue weighted by Crippen LogP contribution is -2.38. The number of morpholine rings is 1. The molecule has 9 heteroatoms. The van der Waals surface area contributed by atoms with Crippen LogP contribution in [-0.2, 0) is 4.74 Å². The fraction of sp³-hybridized carbons (Fsp3) is 0.476. The van der Waals surface area contributed by atoms with Crippen LogP contribution in [0.2, 0.25) is 0 Å². The maximum Gasteiger partial charge on any atom is 0.225 e. The average Bonchev–Trinajstić information content (AvgIpc) is 3.26. The van der Waals surface area contributed by atoms with Gasteiger partial charge in [-0.25, -0.2) is 19.9 Å². The monoisotopic (exact) mass is 407 g/mol. The molecule has 156 valence electrons. The Kier molecular flexibility index (Phi) is 5.27. The van der Waals surface area contributed by atoms with Gasteiger partial charge in [-0.05, 0) is 25.8 Å². The molecule has 5 heterocycles. The fourth-order valence-electron chi connectivity index (χ4n) is 4.13. The summed E-state index contributed by atoms with van der Waals surface area (Å²) in [5.74, 6) is 2.46. The van der Waals surface area contributed by atoms with E-state index >= 15 is 0 Å². The van der Waals surface area contributed by atoms with Crippen molar-refractivity contribution in [3.8, 4) is 11.3 Å². The van der Waals surface area contributed by atoms with Crippen molar-refractivity contribution >= 4 is 11.9 Å². The van der Waals surface area contributed by atoms with E-state index in [1.54, 1.807) is 12.4 Å². The Morgan fingerprint density at radius 2 is 1.83 bits per heavy atom. The first kappa shape index (κ1) is 18.9. The number of aromatic nitrogens is 5. The summed E-state index contributed by atoms with van der Waals surface area (Å²) >= 11 is 0. The lowest BCUT2D eigenvalue weighted by molar-refractivity contribution is 0.122. The number of aryl methyl sites for hydroxylation is 1. The van der Waals surface area contributed by atoms with Gasteiger partial charge in [0.1, 0.15) is 0 Å². The Hall–Kier alpha value is -3.07. The Morgan fingerprint density at radius 1 is 1.00 bits per heavy atom. The molecule has 0 bridgehead atoms. The molecule has 9 nitrogen and oxygen atoms in total. The summed E-state index contributed by atoms with van der Waals surface area (Å²) in [5, 5.41) is 4.07. The first-order valence-electron chi connectivity index (χ1n) is 10.4. The average molecular weight is 407 g/mol. The zero-order valence-corrected chi connectivity index (χ0v) is 17.1. The van der Waals surface area contributed by atoms with E-state index in [2.05, 4.69) is 29.9 Å². The van der Waals surface area contributed by atoms with Crippen LogP contribution >= 0.6 is 0 Å². The molecule has 3 aromatic heterocycles. The highest BCUT2D eigenvalue weighted by atomic mass is 16.5. The van der Waals surface area contributed by atoms with Crippen LogP contribution < -0.4 is 9.80 Å². The van der Waals surface area contributed by atoms with Crippen molar-refractivity contribution in [3.63, 3.8) is 0 Å². The largest absolute Gasteiger partial charge is 0.378 e. The van der Waals surface area contributed by atoms with Gasteiger partial charge in [0.05, 0.1) is 30.2 Å². The van der Waals surface area contributed by atoms with E-state index in [1.807, 2.05) is 25.3 Å². The van der Waals surface area contributed by atoms with Crippen molar-refractivity contribution in [1.29, 1.82) is 0 Å². The van der Waals surface area contributed by atoms with Crippen molar-refractivity contribution in [2.24, 2.45) is 0 Å². The van der Waals surface area contributed by atoms with Crippen LogP contribution in [0.25, 0.3) is 11.3 Å². The van der Waals surface area contributed by atoms with E-state index in [0.29, 0.717) is 19.0 Å². The van der Waals surface area contributed by atoms with Gasteiger partial charge in [0.25, 0.3) is 0 Å². The second-order valence-corrected chi connectivity index (χ2v) is 7.73. The summed E-state index contributed by atoms with van der Waals surface area (Å²) in [4.78, 5) is 23.0. The summed E-state index contributed by atoms with van der Waals surface area (Å²) in [5.41, 5.74) is 2.76. The lowest BCUT2D eigenvalue weighted by Gasteiger charge is -2.33. The van der Waals surface area contributed by atoms with Gasteiger partial charge in [-0.2, -0.15) is 0 Å². The molecule has 2 aliphatic heterocycles. The quantitative estimate of drug-likeness (QED) is 0.646. The zero-order chi connectivity index (χ0) is 20.3. The summed E-state index contributed by atoms with van der Waals surface area (Å²) in [6.07, 6.45) is 7.55. The van der Waals surface area contributed by atoms with Crippen molar-refractivity contribution in [1.82, 2.24) is 25.1 Å². The zero-order valence-electron chi connectivity index (χ0n) is 17.1. The van der Waals surface area contributed by atoms with E-state index in [4.69, 9.17) is 14.2 Å². The molecule has 0 spiro atoms. The Morgan fingerprint density at radius 3 is 2.60 bits per heavy atom. The van der Waals surface area contributed by atoms with Gasteiger partial charge in [0, 0.05) is 56.8 Å². The highest BCUT2D eigenvalue weighted by Crippen LogP contribution is 2.35. The van der Waals surface area contributed by atoms with Crippen LogP contribution in [0.3, 0.4) is 0 Å². The molecule has 2 aliphatic rings. The first-order chi connectivity index (χ1) is 14.8. The minimum absolute atomic E-state index is 0.228. The second kappa shape index (κ2) is 8.35. The minimum Gasteiger partial charge on any atom is -0.378 e. The molecule has 1 unspecified atom stereocenters. The summed E-state index contributed by atoms with van der Waals surface area (Å²) < 4.78 is 11.1. The standard InChI is InChI=1S/C21H25N7O2/c1-15-12-18(30-26-15)17-13-24-21(27-8-10-29-11-9-27)25-19(17)16-4-2-7-28(14-16)20-22-5-3-6-23-20/h3,5-6,12-13,16H,2,4,7-11,14H2,1H3. The van der Waals surface area contributed by atoms with E-state index in [1.165, 1.54) is 0 Å². The Bertz CT molecular complexity index is 988. The topological polar surface area (TPSA) is 93.3 Å². The first-order valence-corrected chi connectivity index (χ1v) is 10.4. The van der Waals surface area contributed by atoms with Crippen LogP contribution in [-0.4, -0.2) is 64.5 Å². The summed E-state index contributed by atoms with van der Waals surface area (Å²) in [6.45, 7) is 6.67. The van der Waals surface area contributed by atoms with Crippen molar-refractivity contribution in [2.45, 2.75) is 25.7 Å². The Balaban J connectivity index is 1.50. The van der Waals surface area contributed by atoms with Crippen LogP contribution in [0.4, 0.5) is 11.9 Å².